The van der Waals surface area contributed by atoms with Crippen LogP contribution in [0.3, 0.4) is 0 Å². The highest BCUT2D eigenvalue weighted by atomic mass is 16.5. The molecule has 0 heterocycles. The second-order valence-electron chi connectivity index (χ2n) is 7.04. The largest absolute Gasteiger partial charge is 0.490 e. The third kappa shape index (κ3) is 5.86. The summed E-state index contributed by atoms with van der Waals surface area (Å²) in [5.41, 5.74) is 1.88. The summed E-state index contributed by atoms with van der Waals surface area (Å²) in [7, 11) is 0. The number of amides is 1. The van der Waals surface area contributed by atoms with Gasteiger partial charge in [0.2, 0.25) is 0 Å². The minimum atomic E-state index is -0.318. The number of hydrogen-bond donors (Lipinski definition) is 1. The van der Waals surface area contributed by atoms with Crippen molar-refractivity contribution in [2.75, 3.05) is 6.61 Å². The van der Waals surface area contributed by atoms with Crippen molar-refractivity contribution in [3.05, 3.63) is 65.2 Å². The van der Waals surface area contributed by atoms with Gasteiger partial charge in [0.25, 0.3) is 5.91 Å². The summed E-state index contributed by atoms with van der Waals surface area (Å²) in [6, 6.07) is 17.5. The van der Waals surface area contributed by atoms with Crippen molar-refractivity contribution in [1.82, 2.24) is 5.32 Å². The summed E-state index contributed by atoms with van der Waals surface area (Å²) in [6.07, 6.45) is 5.80. The summed E-state index contributed by atoms with van der Waals surface area (Å²) < 4.78 is 11.6. The zero-order valence-electron chi connectivity index (χ0n) is 16.7. The van der Waals surface area contributed by atoms with Gasteiger partial charge in [-0.25, -0.2) is 0 Å². The lowest BCUT2D eigenvalue weighted by molar-refractivity contribution is -0.117. The number of hydrogen-bond acceptors (Lipinski definition) is 4. The first-order chi connectivity index (χ1) is 14.2. The SMILES string of the molecule is CCOc1cc(/C=C(\C#N)C(=O)NC2CCCC2)ccc1OCc1ccccc1. The normalized spacial score (nSPS) is 14.3. The summed E-state index contributed by atoms with van der Waals surface area (Å²) in [5, 5.41) is 12.4. The number of carbonyl (C=O) groups excluding carboxylic acids is 1. The molecule has 2 aromatic carbocycles. The van der Waals surface area contributed by atoms with Crippen LogP contribution in [0.4, 0.5) is 0 Å². The van der Waals surface area contributed by atoms with Crippen molar-refractivity contribution < 1.29 is 14.3 Å². The Balaban J connectivity index is 1.74. The summed E-state index contributed by atoms with van der Waals surface area (Å²) in [5.74, 6) is 0.897. The molecule has 0 aliphatic heterocycles. The van der Waals surface area contributed by atoms with Crippen molar-refractivity contribution in [2.24, 2.45) is 0 Å². The maximum atomic E-state index is 12.4. The quantitative estimate of drug-likeness (QED) is 0.527. The molecule has 0 radical (unpaired) electrons. The van der Waals surface area contributed by atoms with Crippen LogP contribution in [0.5, 0.6) is 11.5 Å². The Morgan fingerprint density at radius 2 is 1.90 bits per heavy atom. The van der Waals surface area contributed by atoms with Gasteiger partial charge in [0.05, 0.1) is 6.61 Å². The van der Waals surface area contributed by atoms with E-state index in [1.807, 2.05) is 55.5 Å². The standard InChI is InChI=1S/C24H26N2O3/c1-2-28-23-15-19(12-13-22(23)29-17-18-8-4-3-5-9-18)14-20(16-25)24(27)26-21-10-6-7-11-21/h3-5,8-9,12-15,21H,2,6-7,10-11,17H2,1H3,(H,26,27)/b20-14+. The van der Waals surface area contributed by atoms with Gasteiger partial charge in [-0.2, -0.15) is 5.26 Å². The number of nitriles is 1. The second-order valence-corrected chi connectivity index (χ2v) is 7.04. The monoisotopic (exact) mass is 390 g/mol. The predicted octanol–water partition coefficient (Wildman–Crippen LogP) is 4.63. The molecule has 5 heteroatoms. The highest BCUT2D eigenvalue weighted by Gasteiger charge is 2.19. The number of benzene rings is 2. The molecule has 3 rings (SSSR count). The molecule has 0 aromatic heterocycles. The molecule has 150 valence electrons. The van der Waals surface area contributed by atoms with Crippen LogP contribution in [0.1, 0.15) is 43.7 Å². The Bertz CT molecular complexity index is 894. The Labute approximate surface area is 172 Å². The predicted molar refractivity (Wildman–Crippen MR) is 112 cm³/mol. The molecule has 1 N–H and O–H groups in total. The number of carbonyl (C=O) groups is 1. The lowest BCUT2D eigenvalue weighted by atomic mass is 10.1. The zero-order valence-corrected chi connectivity index (χ0v) is 16.7. The number of rotatable bonds is 8. The first-order valence-electron chi connectivity index (χ1n) is 10.1. The van der Waals surface area contributed by atoms with E-state index in [1.54, 1.807) is 12.1 Å². The van der Waals surface area contributed by atoms with Gasteiger partial charge in [-0.05, 0) is 49.1 Å². The van der Waals surface area contributed by atoms with Gasteiger partial charge >= 0.3 is 0 Å². The van der Waals surface area contributed by atoms with Gasteiger partial charge in [0, 0.05) is 6.04 Å². The minimum Gasteiger partial charge on any atom is -0.490 e. The first kappa shape index (κ1) is 20.5. The first-order valence-corrected chi connectivity index (χ1v) is 10.1. The second kappa shape index (κ2) is 10.3. The Morgan fingerprint density at radius 3 is 2.59 bits per heavy atom. The Hall–Kier alpha value is -3.26. The lowest BCUT2D eigenvalue weighted by Gasteiger charge is -2.13. The van der Waals surface area contributed by atoms with Crippen LogP contribution >= 0.6 is 0 Å². The highest BCUT2D eigenvalue weighted by Crippen LogP contribution is 2.30. The van der Waals surface area contributed by atoms with E-state index in [0.717, 1.165) is 36.8 Å². The van der Waals surface area contributed by atoms with Crippen LogP contribution in [-0.4, -0.2) is 18.6 Å². The summed E-state index contributed by atoms with van der Waals surface area (Å²) in [4.78, 5) is 12.4. The van der Waals surface area contributed by atoms with E-state index in [0.29, 0.717) is 24.7 Å². The molecule has 1 saturated carbocycles. The molecule has 0 spiro atoms. The number of ether oxygens (including phenoxy) is 2. The summed E-state index contributed by atoms with van der Waals surface area (Å²) in [6.45, 7) is 2.82. The molecule has 0 bridgehead atoms. The lowest BCUT2D eigenvalue weighted by Crippen LogP contribution is -2.33. The maximum absolute atomic E-state index is 12.4. The van der Waals surface area contributed by atoms with Crippen molar-refractivity contribution >= 4 is 12.0 Å². The zero-order chi connectivity index (χ0) is 20.5. The van der Waals surface area contributed by atoms with Crippen LogP contribution < -0.4 is 14.8 Å². The van der Waals surface area contributed by atoms with E-state index in [-0.39, 0.29) is 17.5 Å². The van der Waals surface area contributed by atoms with Gasteiger partial charge in [0.15, 0.2) is 11.5 Å². The van der Waals surface area contributed by atoms with Crippen molar-refractivity contribution in [1.29, 1.82) is 5.26 Å². The van der Waals surface area contributed by atoms with E-state index in [9.17, 15) is 10.1 Å². The molecule has 1 fully saturated rings. The molecule has 0 unspecified atom stereocenters. The fraction of sp³-hybridized carbons (Fsp3) is 0.333. The molecule has 5 nitrogen and oxygen atoms in total. The number of nitrogens with zero attached hydrogens (tertiary/aromatic N) is 1. The molecule has 0 saturated heterocycles. The highest BCUT2D eigenvalue weighted by molar-refractivity contribution is 6.01. The van der Waals surface area contributed by atoms with Gasteiger partial charge in [-0.1, -0.05) is 49.2 Å². The fourth-order valence-electron chi connectivity index (χ4n) is 3.39. The van der Waals surface area contributed by atoms with E-state index in [2.05, 4.69) is 5.32 Å². The third-order valence-electron chi connectivity index (χ3n) is 4.87. The topological polar surface area (TPSA) is 71.3 Å². The molecule has 1 amide bonds. The van der Waals surface area contributed by atoms with Crippen molar-refractivity contribution in [2.45, 2.75) is 45.3 Å². The van der Waals surface area contributed by atoms with Gasteiger partial charge < -0.3 is 14.8 Å². The van der Waals surface area contributed by atoms with E-state index < -0.39 is 0 Å². The molecular formula is C24H26N2O3. The van der Waals surface area contributed by atoms with Crippen LogP contribution in [-0.2, 0) is 11.4 Å². The molecule has 29 heavy (non-hydrogen) atoms. The third-order valence-corrected chi connectivity index (χ3v) is 4.87. The van der Waals surface area contributed by atoms with Crippen LogP contribution in [0.15, 0.2) is 54.1 Å². The molecule has 1 aliphatic carbocycles. The molecule has 0 atom stereocenters. The molecule has 1 aliphatic rings. The van der Waals surface area contributed by atoms with E-state index in [4.69, 9.17) is 9.47 Å². The molecule has 2 aromatic rings. The molecular weight excluding hydrogens is 364 g/mol. The summed E-state index contributed by atoms with van der Waals surface area (Å²) >= 11 is 0. The number of nitrogens with one attached hydrogen (secondary N) is 1. The average Bonchev–Trinajstić information content (AvgIpc) is 3.25. The maximum Gasteiger partial charge on any atom is 0.262 e. The Morgan fingerprint density at radius 1 is 1.14 bits per heavy atom. The average molecular weight is 390 g/mol. The van der Waals surface area contributed by atoms with Crippen LogP contribution in [0, 0.1) is 11.3 Å². The van der Waals surface area contributed by atoms with Crippen LogP contribution in [0.25, 0.3) is 6.08 Å². The van der Waals surface area contributed by atoms with E-state index in [1.165, 1.54) is 0 Å². The van der Waals surface area contributed by atoms with Gasteiger partial charge in [-0.15, -0.1) is 0 Å². The smallest absolute Gasteiger partial charge is 0.262 e. The van der Waals surface area contributed by atoms with Crippen LogP contribution in [0.2, 0.25) is 0 Å². The van der Waals surface area contributed by atoms with Crippen molar-refractivity contribution in [3.8, 4) is 17.6 Å². The fourth-order valence-corrected chi connectivity index (χ4v) is 3.39. The Kier molecular flexibility index (Phi) is 7.29. The minimum absolute atomic E-state index is 0.0947. The van der Waals surface area contributed by atoms with Crippen molar-refractivity contribution in [3.63, 3.8) is 0 Å². The van der Waals surface area contributed by atoms with Gasteiger partial charge in [0.1, 0.15) is 18.2 Å². The van der Waals surface area contributed by atoms with E-state index >= 15 is 0 Å². The van der Waals surface area contributed by atoms with Gasteiger partial charge in [-0.3, -0.25) is 4.79 Å².